The second-order valence-corrected chi connectivity index (χ2v) is 4.83. The van der Waals surface area contributed by atoms with E-state index in [9.17, 15) is 8.78 Å². The lowest BCUT2D eigenvalue weighted by Gasteiger charge is -2.11. The minimum Gasteiger partial charge on any atom is -0.309 e. The van der Waals surface area contributed by atoms with Crippen molar-refractivity contribution in [1.29, 1.82) is 0 Å². The van der Waals surface area contributed by atoms with Gasteiger partial charge in [0.1, 0.15) is 11.6 Å². The van der Waals surface area contributed by atoms with Gasteiger partial charge in [-0.2, -0.15) is 11.8 Å². The Labute approximate surface area is 92.3 Å². The molecular weight excluding hydrogens is 216 g/mol. The molecule has 1 heterocycles. The Kier molecular flexibility index (Phi) is 3.59. The first-order valence-corrected chi connectivity index (χ1v) is 6.16. The van der Waals surface area contributed by atoms with Crippen LogP contribution in [0.2, 0.25) is 0 Å². The van der Waals surface area contributed by atoms with Crippen LogP contribution in [0.5, 0.6) is 0 Å². The summed E-state index contributed by atoms with van der Waals surface area (Å²) in [6, 6.07) is 4.02. The van der Waals surface area contributed by atoms with Gasteiger partial charge in [0, 0.05) is 23.9 Å². The third-order valence-corrected chi connectivity index (χ3v) is 3.68. The molecule has 1 aliphatic heterocycles. The highest BCUT2D eigenvalue weighted by Crippen LogP contribution is 2.18. The molecule has 1 aliphatic rings. The Morgan fingerprint density at radius 1 is 1.40 bits per heavy atom. The van der Waals surface area contributed by atoms with Crippen molar-refractivity contribution in [2.45, 2.75) is 19.0 Å². The maximum atomic E-state index is 13.2. The molecule has 0 amide bonds. The van der Waals surface area contributed by atoms with Crippen molar-refractivity contribution in [1.82, 2.24) is 5.32 Å². The van der Waals surface area contributed by atoms with Gasteiger partial charge in [0.25, 0.3) is 0 Å². The second kappa shape index (κ2) is 4.94. The topological polar surface area (TPSA) is 12.0 Å². The molecule has 0 aliphatic carbocycles. The molecule has 1 N–H and O–H groups in total. The van der Waals surface area contributed by atoms with Crippen LogP contribution in [0.4, 0.5) is 8.78 Å². The van der Waals surface area contributed by atoms with E-state index in [1.165, 1.54) is 12.1 Å². The molecule has 1 fully saturated rings. The zero-order valence-corrected chi connectivity index (χ0v) is 9.12. The summed E-state index contributed by atoms with van der Waals surface area (Å²) in [6.07, 6.45) is 1.11. The van der Waals surface area contributed by atoms with Crippen LogP contribution in [0.25, 0.3) is 0 Å². The smallest absolute Gasteiger partial charge is 0.127 e. The molecule has 0 spiro atoms. The summed E-state index contributed by atoms with van der Waals surface area (Å²) in [5.74, 6) is 1.50. The fourth-order valence-corrected chi connectivity index (χ4v) is 2.82. The summed E-state index contributed by atoms with van der Waals surface area (Å²) in [7, 11) is 0. The van der Waals surface area contributed by atoms with Crippen molar-refractivity contribution in [3.8, 4) is 0 Å². The fourth-order valence-electron chi connectivity index (χ4n) is 1.63. The molecule has 1 aromatic carbocycles. The monoisotopic (exact) mass is 229 g/mol. The van der Waals surface area contributed by atoms with E-state index >= 15 is 0 Å². The van der Waals surface area contributed by atoms with Crippen molar-refractivity contribution < 1.29 is 8.78 Å². The Morgan fingerprint density at radius 3 is 3.00 bits per heavy atom. The third-order valence-electron chi connectivity index (χ3n) is 2.52. The summed E-state index contributed by atoms with van der Waals surface area (Å²) in [6.45, 7) is 0.412. The predicted octanol–water partition coefficient (Wildman–Crippen LogP) is 2.56. The summed E-state index contributed by atoms with van der Waals surface area (Å²) < 4.78 is 26.1. The average Bonchev–Trinajstić information content (AvgIpc) is 2.72. The molecule has 1 atom stereocenters. The molecule has 2 rings (SSSR count). The van der Waals surface area contributed by atoms with Crippen LogP contribution < -0.4 is 5.32 Å². The zero-order valence-electron chi connectivity index (χ0n) is 8.30. The normalized spacial score (nSPS) is 20.8. The number of nitrogens with one attached hydrogen (secondary N) is 1. The lowest BCUT2D eigenvalue weighted by atomic mass is 10.2. The van der Waals surface area contributed by atoms with Gasteiger partial charge >= 0.3 is 0 Å². The van der Waals surface area contributed by atoms with E-state index < -0.39 is 0 Å². The van der Waals surface area contributed by atoms with Crippen molar-refractivity contribution >= 4 is 11.8 Å². The molecule has 0 aromatic heterocycles. The van der Waals surface area contributed by atoms with Gasteiger partial charge in [-0.1, -0.05) is 0 Å². The molecule has 15 heavy (non-hydrogen) atoms. The van der Waals surface area contributed by atoms with E-state index in [2.05, 4.69) is 5.32 Å². The number of benzene rings is 1. The molecule has 4 heteroatoms. The minimum atomic E-state index is -0.381. The number of rotatable bonds is 3. The number of halogens is 2. The molecule has 1 aromatic rings. The lowest BCUT2D eigenvalue weighted by Crippen LogP contribution is -2.28. The molecule has 1 saturated heterocycles. The van der Waals surface area contributed by atoms with Crippen LogP contribution in [0.3, 0.4) is 0 Å². The largest absolute Gasteiger partial charge is 0.309 e. The van der Waals surface area contributed by atoms with E-state index in [1.807, 2.05) is 11.8 Å². The number of hydrogen-bond donors (Lipinski definition) is 1. The average molecular weight is 229 g/mol. The lowest BCUT2D eigenvalue weighted by molar-refractivity contribution is 0.527. The van der Waals surface area contributed by atoms with Crippen molar-refractivity contribution in [3.05, 3.63) is 35.4 Å². The van der Waals surface area contributed by atoms with Gasteiger partial charge in [0.15, 0.2) is 0 Å². The first-order chi connectivity index (χ1) is 7.25. The van der Waals surface area contributed by atoms with Crippen LogP contribution in [0.15, 0.2) is 18.2 Å². The van der Waals surface area contributed by atoms with Gasteiger partial charge in [-0.15, -0.1) is 0 Å². The molecule has 0 radical (unpaired) electrons. The summed E-state index contributed by atoms with van der Waals surface area (Å²) in [5.41, 5.74) is 0.409. The Morgan fingerprint density at radius 2 is 2.27 bits per heavy atom. The molecule has 0 bridgehead atoms. The maximum Gasteiger partial charge on any atom is 0.127 e. The Hall–Kier alpha value is -0.610. The molecule has 82 valence electrons. The highest BCUT2D eigenvalue weighted by Gasteiger charge is 2.15. The molecule has 0 saturated carbocycles. The first-order valence-electron chi connectivity index (χ1n) is 5.01. The van der Waals surface area contributed by atoms with Crippen LogP contribution in [0.1, 0.15) is 12.0 Å². The minimum absolute atomic E-state index is 0.338. The van der Waals surface area contributed by atoms with E-state index in [4.69, 9.17) is 0 Å². The number of hydrogen-bond acceptors (Lipinski definition) is 2. The molecule has 0 unspecified atom stereocenters. The van der Waals surface area contributed by atoms with Crippen molar-refractivity contribution in [2.24, 2.45) is 0 Å². The van der Waals surface area contributed by atoms with E-state index in [0.717, 1.165) is 24.0 Å². The van der Waals surface area contributed by atoms with Crippen molar-refractivity contribution in [2.75, 3.05) is 11.5 Å². The van der Waals surface area contributed by atoms with Crippen molar-refractivity contribution in [3.63, 3.8) is 0 Å². The van der Waals surface area contributed by atoms with Crippen LogP contribution in [-0.4, -0.2) is 17.5 Å². The standard InChI is InChI=1S/C11H13F2NS/c12-9-1-2-11(13)8(5-9)6-14-10-3-4-15-7-10/h1-2,5,10,14H,3-4,6-7H2/t10-/m0/s1. The second-order valence-electron chi connectivity index (χ2n) is 3.68. The predicted molar refractivity (Wildman–Crippen MR) is 58.9 cm³/mol. The van der Waals surface area contributed by atoms with Gasteiger partial charge in [0.05, 0.1) is 0 Å². The Bertz CT molecular complexity index is 337. The maximum absolute atomic E-state index is 13.2. The molecular formula is C11H13F2NS. The van der Waals surface area contributed by atoms with Crippen LogP contribution >= 0.6 is 11.8 Å². The van der Waals surface area contributed by atoms with Crippen LogP contribution in [0, 0.1) is 11.6 Å². The first kappa shape index (κ1) is 10.9. The van der Waals surface area contributed by atoms with E-state index in [-0.39, 0.29) is 11.6 Å². The SMILES string of the molecule is Fc1ccc(F)c(CN[C@H]2CCSC2)c1. The fraction of sp³-hybridized carbons (Fsp3) is 0.455. The third kappa shape index (κ3) is 2.92. The van der Waals surface area contributed by atoms with Gasteiger partial charge in [-0.25, -0.2) is 8.78 Å². The summed E-state index contributed by atoms with van der Waals surface area (Å²) >= 11 is 1.89. The summed E-state index contributed by atoms with van der Waals surface area (Å²) in [5, 5.41) is 3.24. The van der Waals surface area contributed by atoms with Gasteiger partial charge in [0.2, 0.25) is 0 Å². The highest BCUT2D eigenvalue weighted by molar-refractivity contribution is 7.99. The Balaban J connectivity index is 1.94. The highest BCUT2D eigenvalue weighted by atomic mass is 32.2. The van der Waals surface area contributed by atoms with Gasteiger partial charge < -0.3 is 5.32 Å². The van der Waals surface area contributed by atoms with E-state index in [0.29, 0.717) is 18.2 Å². The van der Waals surface area contributed by atoms with Gasteiger partial charge in [-0.3, -0.25) is 0 Å². The number of thioether (sulfide) groups is 1. The summed E-state index contributed by atoms with van der Waals surface area (Å²) in [4.78, 5) is 0. The quantitative estimate of drug-likeness (QED) is 0.855. The zero-order chi connectivity index (χ0) is 10.7. The molecule has 1 nitrogen and oxygen atoms in total. The van der Waals surface area contributed by atoms with E-state index in [1.54, 1.807) is 0 Å². The van der Waals surface area contributed by atoms with Gasteiger partial charge in [-0.05, 0) is 30.4 Å². The van der Waals surface area contributed by atoms with Crippen LogP contribution in [-0.2, 0) is 6.54 Å².